The van der Waals surface area contributed by atoms with Crippen molar-refractivity contribution in [2.24, 2.45) is 23.7 Å². The maximum Gasteiger partial charge on any atom is -1.00 e. The van der Waals surface area contributed by atoms with Gasteiger partial charge in [0.2, 0.25) is 0 Å². The summed E-state index contributed by atoms with van der Waals surface area (Å²) in [5.74, 6) is 3.15. The van der Waals surface area contributed by atoms with E-state index in [1.165, 1.54) is 11.1 Å². The average molecular weight is 454 g/mol. The van der Waals surface area contributed by atoms with Crippen molar-refractivity contribution in [3.05, 3.63) is 96.1 Å². The molecular formula is C23H23Cl3Ti. The molecule has 0 amide bonds. The normalized spacial score (nSPS) is 27.9. The Morgan fingerprint density at radius 2 is 1.15 bits per heavy atom. The standard InChI is InChI=1S/C23H23.3ClH.Ti/c1-17-16-20-14-8-9-15-21(20)22(17)23(18-10-4-2-5-11-18)19-12-6-3-7-13-19;;;;/h2-17,20-23H,1H3;3*1H;/q;;;;+3/p-3. The molecule has 2 aliphatic carbocycles. The van der Waals surface area contributed by atoms with Crippen LogP contribution in [0.5, 0.6) is 0 Å². The van der Waals surface area contributed by atoms with E-state index in [9.17, 15) is 0 Å². The Bertz CT molecular complexity index is 705. The number of rotatable bonds is 3. The van der Waals surface area contributed by atoms with Crippen LogP contribution >= 0.6 is 0 Å². The summed E-state index contributed by atoms with van der Waals surface area (Å²) in [5, 5.41) is 0. The smallest absolute Gasteiger partial charge is 1.00 e. The van der Waals surface area contributed by atoms with E-state index in [0.29, 0.717) is 29.6 Å². The summed E-state index contributed by atoms with van der Waals surface area (Å²) < 4.78 is 0.733. The van der Waals surface area contributed by atoms with Crippen LogP contribution < -0.4 is 37.2 Å². The first-order chi connectivity index (χ1) is 11.8. The predicted octanol–water partition coefficient (Wildman–Crippen LogP) is -3.21. The van der Waals surface area contributed by atoms with E-state index < -0.39 is 0 Å². The Hall–Kier alpha value is -0.496. The van der Waals surface area contributed by atoms with E-state index in [-0.39, 0.29) is 37.2 Å². The average Bonchev–Trinajstić information content (AvgIpc) is 2.90. The molecule has 2 aromatic rings. The number of benzene rings is 2. The van der Waals surface area contributed by atoms with Gasteiger partial charge in [-0.3, -0.25) is 0 Å². The second-order valence-electron chi connectivity index (χ2n) is 7.19. The zero-order chi connectivity index (χ0) is 16.5. The number of hydrogen-bond acceptors (Lipinski definition) is 0. The molecule has 0 aromatic heterocycles. The van der Waals surface area contributed by atoms with Crippen molar-refractivity contribution in [2.75, 3.05) is 0 Å². The van der Waals surface area contributed by atoms with Gasteiger partial charge in [-0.25, -0.2) is 0 Å². The Kier molecular flexibility index (Phi) is 9.90. The van der Waals surface area contributed by atoms with Gasteiger partial charge in [0.05, 0.1) is 0 Å². The zero-order valence-corrected chi connectivity index (χ0v) is 19.0. The Labute approximate surface area is 193 Å². The fourth-order valence-electron chi connectivity index (χ4n) is 4.81. The van der Waals surface area contributed by atoms with E-state index in [4.69, 9.17) is 0 Å². The van der Waals surface area contributed by atoms with Gasteiger partial charge < -0.3 is 37.2 Å². The van der Waals surface area contributed by atoms with Crippen LogP contribution in [0.15, 0.2) is 85.0 Å². The van der Waals surface area contributed by atoms with Crippen molar-refractivity contribution in [2.45, 2.75) is 17.1 Å². The van der Waals surface area contributed by atoms with Crippen molar-refractivity contribution in [1.82, 2.24) is 0 Å². The topological polar surface area (TPSA) is 0 Å². The molecule has 1 fully saturated rings. The summed E-state index contributed by atoms with van der Waals surface area (Å²) in [6.45, 7) is 2.47. The molecule has 1 saturated carbocycles. The molecular weight excluding hydrogens is 430 g/mol. The van der Waals surface area contributed by atoms with E-state index in [2.05, 4.69) is 112 Å². The minimum absolute atomic E-state index is 0. The quantitative estimate of drug-likeness (QED) is 0.430. The number of allylic oxidation sites excluding steroid dienone is 4. The minimum Gasteiger partial charge on any atom is -1.00 e. The Balaban J connectivity index is 0.00000121. The van der Waals surface area contributed by atoms with E-state index in [1.54, 1.807) is 0 Å². The molecule has 2 aliphatic rings. The van der Waals surface area contributed by atoms with Crippen LogP contribution in [0.1, 0.15) is 24.0 Å². The second-order valence-corrected chi connectivity index (χ2v) is 8.23. The SMILES string of the molecule is CC1[CH]([Ti+3])C2C=CC=CC2C1C(c1ccccc1)c1ccccc1.[Cl-].[Cl-].[Cl-]. The Morgan fingerprint density at radius 1 is 0.704 bits per heavy atom. The third kappa shape index (κ3) is 4.74. The fraction of sp³-hybridized carbons (Fsp3) is 0.304. The van der Waals surface area contributed by atoms with Crippen LogP contribution in [0.2, 0.25) is 4.22 Å². The maximum absolute atomic E-state index is 2.47. The predicted molar refractivity (Wildman–Crippen MR) is 96.4 cm³/mol. The largest absolute Gasteiger partial charge is 1.00 e. The molecule has 5 unspecified atom stereocenters. The fourth-order valence-corrected chi connectivity index (χ4v) is 5.68. The zero-order valence-electron chi connectivity index (χ0n) is 15.2. The first-order valence-corrected chi connectivity index (χ1v) is 9.83. The molecule has 5 atom stereocenters. The molecule has 0 saturated heterocycles. The van der Waals surface area contributed by atoms with Crippen LogP contribution in [0, 0.1) is 23.7 Å². The number of halogens is 3. The summed E-state index contributed by atoms with van der Waals surface area (Å²) in [5.41, 5.74) is 2.91. The monoisotopic (exact) mass is 452 g/mol. The van der Waals surface area contributed by atoms with Gasteiger partial charge in [0.15, 0.2) is 0 Å². The molecule has 4 rings (SSSR count). The van der Waals surface area contributed by atoms with Gasteiger partial charge in [0.1, 0.15) is 0 Å². The first-order valence-electron chi connectivity index (χ1n) is 8.93. The maximum atomic E-state index is 2.47. The van der Waals surface area contributed by atoms with Crippen molar-refractivity contribution in [1.29, 1.82) is 0 Å². The minimum atomic E-state index is 0. The molecule has 0 bridgehead atoms. The summed E-state index contributed by atoms with van der Waals surface area (Å²) in [7, 11) is 0. The summed E-state index contributed by atoms with van der Waals surface area (Å²) >= 11 is 2.44. The molecule has 0 spiro atoms. The summed E-state index contributed by atoms with van der Waals surface area (Å²) in [4.78, 5) is 0. The molecule has 0 radical (unpaired) electrons. The van der Waals surface area contributed by atoms with Gasteiger partial charge in [-0.15, -0.1) is 0 Å². The summed E-state index contributed by atoms with van der Waals surface area (Å²) in [6, 6.07) is 22.2. The molecule has 0 nitrogen and oxygen atoms in total. The van der Waals surface area contributed by atoms with Crippen LogP contribution in [0.3, 0.4) is 0 Å². The number of fused-ring (bicyclic) bond motifs is 1. The van der Waals surface area contributed by atoms with Crippen molar-refractivity contribution in [3.63, 3.8) is 0 Å². The van der Waals surface area contributed by atoms with Crippen LogP contribution in [0.4, 0.5) is 0 Å². The number of hydrogen-bond donors (Lipinski definition) is 0. The molecule has 140 valence electrons. The second kappa shape index (κ2) is 10.9. The molecule has 4 heteroatoms. The van der Waals surface area contributed by atoms with Gasteiger partial charge >= 0.3 is 157 Å². The molecule has 0 heterocycles. The molecule has 0 aliphatic heterocycles. The van der Waals surface area contributed by atoms with E-state index >= 15 is 0 Å². The van der Waals surface area contributed by atoms with Crippen molar-refractivity contribution >= 4 is 0 Å². The first kappa shape index (κ1) is 24.5. The van der Waals surface area contributed by atoms with Crippen LogP contribution in [-0.2, 0) is 20.4 Å². The van der Waals surface area contributed by atoms with Crippen molar-refractivity contribution in [3.8, 4) is 0 Å². The van der Waals surface area contributed by atoms with Crippen molar-refractivity contribution < 1.29 is 57.7 Å². The van der Waals surface area contributed by atoms with Gasteiger partial charge in [0, 0.05) is 0 Å². The molecule has 2 aromatic carbocycles. The van der Waals surface area contributed by atoms with Gasteiger partial charge in [-0.2, -0.15) is 0 Å². The third-order valence-electron chi connectivity index (χ3n) is 5.96. The van der Waals surface area contributed by atoms with Crippen LogP contribution in [-0.4, -0.2) is 0 Å². The van der Waals surface area contributed by atoms with Gasteiger partial charge in [-0.05, 0) is 0 Å². The van der Waals surface area contributed by atoms with E-state index in [0.717, 1.165) is 4.22 Å². The molecule has 0 N–H and O–H groups in total. The van der Waals surface area contributed by atoms with Gasteiger partial charge in [-0.1, -0.05) is 0 Å². The van der Waals surface area contributed by atoms with E-state index in [1.807, 2.05) is 0 Å². The van der Waals surface area contributed by atoms with Gasteiger partial charge in [0.25, 0.3) is 0 Å². The molecule has 27 heavy (non-hydrogen) atoms. The summed E-state index contributed by atoms with van der Waals surface area (Å²) in [6.07, 6.45) is 9.41. The van der Waals surface area contributed by atoms with Crippen LogP contribution in [0.25, 0.3) is 0 Å². The Morgan fingerprint density at radius 3 is 1.63 bits per heavy atom. The third-order valence-corrected chi connectivity index (χ3v) is 7.38.